The van der Waals surface area contributed by atoms with Crippen LogP contribution in [-0.2, 0) is 9.59 Å². The lowest BCUT2D eigenvalue weighted by molar-refractivity contribution is -0.255. The molecule has 0 radical (unpaired) electrons. The van der Waals surface area contributed by atoms with Crippen molar-refractivity contribution in [3.8, 4) is 11.3 Å². The van der Waals surface area contributed by atoms with Gasteiger partial charge in [0.25, 0.3) is 11.8 Å². The molecule has 5 rings (SSSR count). The fourth-order valence-electron chi connectivity index (χ4n) is 4.13. The van der Waals surface area contributed by atoms with E-state index in [2.05, 4.69) is 0 Å². The van der Waals surface area contributed by atoms with Crippen molar-refractivity contribution in [2.75, 3.05) is 9.80 Å². The number of furan rings is 1. The maximum Gasteiger partial charge on any atom is 0.270 e. The Hall–Kier alpha value is -4.82. The summed E-state index contributed by atoms with van der Waals surface area (Å²) in [5.41, 5.74) is 3.68. The summed E-state index contributed by atoms with van der Waals surface area (Å²) in [5.74, 6) is -1.68. The third kappa shape index (κ3) is 4.53. The van der Waals surface area contributed by atoms with E-state index in [1.54, 1.807) is 54.6 Å². The maximum atomic E-state index is 13.7. The van der Waals surface area contributed by atoms with Gasteiger partial charge in [-0.25, -0.2) is 0 Å². The van der Waals surface area contributed by atoms with Crippen molar-refractivity contribution in [1.82, 2.24) is 0 Å². The van der Waals surface area contributed by atoms with Crippen molar-refractivity contribution >= 4 is 52.6 Å². The molecule has 3 aromatic carbocycles. The van der Waals surface area contributed by atoms with Gasteiger partial charge in [0, 0.05) is 5.56 Å². The number of para-hydroxylation sites is 1. The van der Waals surface area contributed by atoms with E-state index >= 15 is 0 Å². The van der Waals surface area contributed by atoms with Gasteiger partial charge in [-0.05, 0) is 85.2 Å². The summed E-state index contributed by atoms with van der Waals surface area (Å²) in [6.07, 6.45) is 1.40. The number of carboxylic acid groups (broad SMARTS) is 1. The van der Waals surface area contributed by atoms with Gasteiger partial charge in [0.1, 0.15) is 17.1 Å². The molecule has 0 bridgehead atoms. The first-order valence-corrected chi connectivity index (χ1v) is 12.1. The minimum Gasteiger partial charge on any atom is -0.545 e. The highest BCUT2D eigenvalue weighted by atomic mass is 32.1. The number of nitrogens with zero attached hydrogens (tertiary/aromatic N) is 2. The molecule has 8 heteroatoms. The van der Waals surface area contributed by atoms with Gasteiger partial charge in [0.05, 0.1) is 17.3 Å². The van der Waals surface area contributed by atoms with E-state index in [-0.39, 0.29) is 22.0 Å². The number of carbonyl (C=O) groups is 3. The van der Waals surface area contributed by atoms with Gasteiger partial charge in [-0.2, -0.15) is 0 Å². The summed E-state index contributed by atoms with van der Waals surface area (Å²) in [7, 11) is 0. The summed E-state index contributed by atoms with van der Waals surface area (Å²) >= 11 is 5.67. The summed E-state index contributed by atoms with van der Waals surface area (Å²) in [5, 5.41) is 11.1. The van der Waals surface area contributed by atoms with Crippen LogP contribution in [0.15, 0.2) is 94.9 Å². The molecule has 0 unspecified atom stereocenters. The molecule has 0 N–H and O–H groups in total. The Kier molecular flexibility index (Phi) is 6.48. The van der Waals surface area contributed by atoms with Crippen LogP contribution in [0.25, 0.3) is 17.4 Å². The lowest BCUT2D eigenvalue weighted by Gasteiger charge is -2.36. The third-order valence-corrected chi connectivity index (χ3v) is 6.70. The Bertz CT molecular complexity index is 1620. The van der Waals surface area contributed by atoms with E-state index in [1.807, 2.05) is 32.0 Å². The molecule has 1 aromatic heterocycles. The fourth-order valence-corrected chi connectivity index (χ4v) is 4.50. The molecule has 0 atom stereocenters. The lowest BCUT2D eigenvalue weighted by Crippen LogP contribution is -2.57. The standard InChI is InChI=1S/C30H22N2O5S/c1-18-8-13-23(16-19(18)2)32-28(34)25(27(33)31(30(32)38)22-6-4-3-5-7-22)17-24-14-15-26(37-24)20-9-11-21(12-10-20)29(35)36/h3-17H,1-2H3,(H,35,36)/p-1/b25-17+. The zero-order valence-corrected chi connectivity index (χ0v) is 21.3. The monoisotopic (exact) mass is 521 g/mol. The number of thiocarbonyl (C=S) groups is 1. The maximum absolute atomic E-state index is 13.7. The van der Waals surface area contributed by atoms with Crippen LogP contribution in [0.3, 0.4) is 0 Å². The van der Waals surface area contributed by atoms with E-state index in [4.69, 9.17) is 16.6 Å². The fraction of sp³-hybridized carbons (Fsp3) is 0.0667. The Morgan fingerprint density at radius 3 is 2.11 bits per heavy atom. The predicted octanol–water partition coefficient (Wildman–Crippen LogP) is 4.68. The Morgan fingerprint density at radius 1 is 0.816 bits per heavy atom. The van der Waals surface area contributed by atoms with Crippen LogP contribution in [0.5, 0.6) is 0 Å². The quantitative estimate of drug-likeness (QED) is 0.215. The first-order valence-electron chi connectivity index (χ1n) is 11.7. The second-order valence-electron chi connectivity index (χ2n) is 8.79. The van der Waals surface area contributed by atoms with Crippen molar-refractivity contribution in [3.05, 3.63) is 113 Å². The number of carboxylic acids is 1. The van der Waals surface area contributed by atoms with Crippen LogP contribution in [0.4, 0.5) is 11.4 Å². The first kappa shape index (κ1) is 24.9. The number of benzene rings is 3. The van der Waals surface area contributed by atoms with E-state index in [9.17, 15) is 19.5 Å². The molecular formula is C30H21N2O5S-. The number of anilines is 2. The largest absolute Gasteiger partial charge is 0.545 e. The molecule has 7 nitrogen and oxygen atoms in total. The minimum absolute atomic E-state index is 0.0458. The molecule has 1 saturated heterocycles. The SMILES string of the molecule is Cc1ccc(N2C(=O)/C(=C/c3ccc(-c4ccc(C(=O)[O-])cc4)o3)C(=O)N(c3ccccc3)C2=S)cc1C. The molecule has 1 fully saturated rings. The lowest BCUT2D eigenvalue weighted by atomic mass is 10.1. The average Bonchev–Trinajstić information content (AvgIpc) is 3.38. The van der Waals surface area contributed by atoms with Gasteiger partial charge in [-0.1, -0.05) is 48.5 Å². The number of rotatable bonds is 5. The zero-order valence-electron chi connectivity index (χ0n) is 20.5. The summed E-state index contributed by atoms with van der Waals surface area (Å²) < 4.78 is 5.90. The second-order valence-corrected chi connectivity index (χ2v) is 9.16. The number of hydrogen-bond donors (Lipinski definition) is 0. The normalized spacial score (nSPS) is 14.9. The zero-order chi connectivity index (χ0) is 27.0. The minimum atomic E-state index is -1.27. The van der Waals surface area contributed by atoms with Gasteiger partial charge < -0.3 is 14.3 Å². The first-order chi connectivity index (χ1) is 18.2. The molecule has 188 valence electrons. The second kappa shape index (κ2) is 9.91. The van der Waals surface area contributed by atoms with Crippen LogP contribution >= 0.6 is 12.2 Å². The van der Waals surface area contributed by atoms with Crippen LogP contribution < -0.4 is 14.9 Å². The van der Waals surface area contributed by atoms with E-state index < -0.39 is 17.8 Å². The topological polar surface area (TPSA) is 93.9 Å². The molecule has 0 spiro atoms. The Labute approximate surface area is 224 Å². The molecule has 38 heavy (non-hydrogen) atoms. The van der Waals surface area contributed by atoms with Crippen LogP contribution in [0, 0.1) is 13.8 Å². The molecule has 0 aliphatic carbocycles. The Morgan fingerprint density at radius 2 is 1.47 bits per heavy atom. The van der Waals surface area contributed by atoms with Crippen molar-refractivity contribution < 1.29 is 23.9 Å². The van der Waals surface area contributed by atoms with Gasteiger partial charge in [-0.15, -0.1) is 0 Å². The van der Waals surface area contributed by atoms with Crippen molar-refractivity contribution in [1.29, 1.82) is 0 Å². The van der Waals surface area contributed by atoms with E-state index in [1.165, 1.54) is 28.0 Å². The molecule has 2 heterocycles. The third-order valence-electron chi connectivity index (χ3n) is 6.33. The molecule has 1 aliphatic heterocycles. The molecule has 4 aromatic rings. The van der Waals surface area contributed by atoms with Crippen molar-refractivity contribution in [2.24, 2.45) is 0 Å². The number of aromatic carboxylic acids is 1. The highest BCUT2D eigenvalue weighted by molar-refractivity contribution is 7.81. The van der Waals surface area contributed by atoms with Gasteiger partial charge >= 0.3 is 0 Å². The van der Waals surface area contributed by atoms with E-state index in [0.717, 1.165) is 11.1 Å². The van der Waals surface area contributed by atoms with Gasteiger partial charge in [0.15, 0.2) is 5.11 Å². The molecule has 2 amide bonds. The van der Waals surface area contributed by atoms with Gasteiger partial charge in [-0.3, -0.25) is 19.4 Å². The van der Waals surface area contributed by atoms with E-state index in [0.29, 0.717) is 22.7 Å². The van der Waals surface area contributed by atoms with Crippen LogP contribution in [0.2, 0.25) is 0 Å². The summed E-state index contributed by atoms with van der Waals surface area (Å²) in [6, 6.07) is 23.8. The number of aryl methyl sites for hydroxylation is 2. The van der Waals surface area contributed by atoms with Crippen LogP contribution in [0.1, 0.15) is 27.2 Å². The molecule has 1 aliphatic rings. The average molecular weight is 522 g/mol. The van der Waals surface area contributed by atoms with Crippen molar-refractivity contribution in [3.63, 3.8) is 0 Å². The highest BCUT2D eigenvalue weighted by Crippen LogP contribution is 2.31. The molecular weight excluding hydrogens is 500 g/mol. The van der Waals surface area contributed by atoms with Crippen LogP contribution in [-0.4, -0.2) is 22.9 Å². The summed E-state index contributed by atoms with van der Waals surface area (Å²) in [4.78, 5) is 41.1. The Balaban J connectivity index is 1.57. The number of carbonyl (C=O) groups excluding carboxylic acids is 3. The van der Waals surface area contributed by atoms with Gasteiger partial charge in [0.2, 0.25) is 0 Å². The number of amides is 2. The summed E-state index contributed by atoms with van der Waals surface area (Å²) in [6.45, 7) is 3.91. The smallest absolute Gasteiger partial charge is 0.270 e. The highest BCUT2D eigenvalue weighted by Gasteiger charge is 2.41. The number of hydrogen-bond acceptors (Lipinski definition) is 6. The van der Waals surface area contributed by atoms with Crippen molar-refractivity contribution in [2.45, 2.75) is 13.8 Å². The molecule has 0 saturated carbocycles. The predicted molar refractivity (Wildman–Crippen MR) is 146 cm³/mol.